The zero-order valence-corrected chi connectivity index (χ0v) is 19.5. The molecule has 2 heterocycles. The molecule has 0 aliphatic carbocycles. The zero-order chi connectivity index (χ0) is 21.9. The molecule has 1 aromatic carbocycles. The summed E-state index contributed by atoms with van der Waals surface area (Å²) in [6, 6.07) is 7.75. The molecule has 1 N–H and O–H groups in total. The van der Waals surface area contributed by atoms with Gasteiger partial charge >= 0.3 is 6.09 Å². The standard InChI is InChI=1S/C21H28ClN5O2S/c1-21(2,3)29-20(28)27(5)19-16-17(23-10-11-30-19)24-13-25-18(16)26(4)12-14-6-8-15(22)9-7-14/h6-9,13,19H,10-12H2,1-5H3,(H,23,24,25)/t19-/m0/s1. The first-order valence-electron chi connectivity index (χ1n) is 9.77. The van der Waals surface area contributed by atoms with E-state index in [1.165, 1.54) is 0 Å². The number of carbonyl (C=O) groups is 1. The summed E-state index contributed by atoms with van der Waals surface area (Å²) in [5.74, 6) is 2.35. The second-order valence-corrected chi connectivity index (χ2v) is 9.81. The molecule has 9 heteroatoms. The van der Waals surface area contributed by atoms with Crippen LogP contribution in [0.1, 0.15) is 37.3 Å². The highest BCUT2D eigenvalue weighted by Gasteiger charge is 2.33. The van der Waals surface area contributed by atoms with Crippen molar-refractivity contribution in [3.63, 3.8) is 0 Å². The quantitative estimate of drug-likeness (QED) is 0.719. The largest absolute Gasteiger partial charge is 0.444 e. The molecule has 3 rings (SSSR count). The van der Waals surface area contributed by atoms with Crippen molar-refractivity contribution in [1.29, 1.82) is 0 Å². The molecule has 1 aliphatic heterocycles. The number of ether oxygens (including phenoxy) is 1. The molecule has 0 radical (unpaired) electrons. The zero-order valence-electron chi connectivity index (χ0n) is 18.0. The van der Waals surface area contributed by atoms with Crippen LogP contribution in [0, 0.1) is 0 Å². The molecular formula is C21H28ClN5O2S. The lowest BCUT2D eigenvalue weighted by atomic mass is 10.2. The Morgan fingerprint density at radius 2 is 1.97 bits per heavy atom. The minimum Gasteiger partial charge on any atom is -0.444 e. The fourth-order valence-corrected chi connectivity index (χ4v) is 4.42. The summed E-state index contributed by atoms with van der Waals surface area (Å²) in [5.41, 5.74) is 1.42. The van der Waals surface area contributed by atoms with Crippen LogP contribution in [0.5, 0.6) is 0 Å². The van der Waals surface area contributed by atoms with Crippen LogP contribution in [-0.4, -0.2) is 53.0 Å². The number of fused-ring (bicyclic) bond motifs is 1. The highest BCUT2D eigenvalue weighted by Crippen LogP contribution is 2.42. The molecule has 0 saturated carbocycles. The molecule has 30 heavy (non-hydrogen) atoms. The molecule has 7 nitrogen and oxygen atoms in total. The van der Waals surface area contributed by atoms with E-state index in [0.29, 0.717) is 11.6 Å². The fourth-order valence-electron chi connectivity index (χ4n) is 3.16. The lowest BCUT2D eigenvalue weighted by Gasteiger charge is -2.32. The third kappa shape index (κ3) is 5.49. The lowest BCUT2D eigenvalue weighted by molar-refractivity contribution is 0.0279. The van der Waals surface area contributed by atoms with Crippen LogP contribution in [0.4, 0.5) is 16.4 Å². The molecule has 1 aromatic heterocycles. The molecule has 1 atom stereocenters. The molecular weight excluding hydrogens is 422 g/mol. The first-order valence-corrected chi connectivity index (χ1v) is 11.2. The first-order chi connectivity index (χ1) is 14.2. The Morgan fingerprint density at radius 3 is 2.63 bits per heavy atom. The number of rotatable bonds is 4. The van der Waals surface area contributed by atoms with Gasteiger partial charge in [-0.3, -0.25) is 4.90 Å². The molecule has 0 saturated heterocycles. The Kier molecular flexibility index (Phi) is 6.98. The molecule has 162 valence electrons. The maximum Gasteiger partial charge on any atom is 0.411 e. The highest BCUT2D eigenvalue weighted by atomic mass is 35.5. The Labute approximate surface area is 187 Å². The van der Waals surface area contributed by atoms with E-state index in [2.05, 4.69) is 20.2 Å². The summed E-state index contributed by atoms with van der Waals surface area (Å²) >= 11 is 7.68. The van der Waals surface area contributed by atoms with Crippen molar-refractivity contribution >= 4 is 41.1 Å². The number of aromatic nitrogens is 2. The summed E-state index contributed by atoms with van der Waals surface area (Å²) < 4.78 is 5.60. The maximum absolute atomic E-state index is 12.8. The van der Waals surface area contributed by atoms with Gasteiger partial charge in [-0.25, -0.2) is 14.8 Å². The fraction of sp³-hybridized carbons (Fsp3) is 0.476. The van der Waals surface area contributed by atoms with Crippen LogP contribution in [-0.2, 0) is 11.3 Å². The van der Waals surface area contributed by atoms with Crippen molar-refractivity contribution in [2.75, 3.05) is 36.6 Å². The van der Waals surface area contributed by atoms with Crippen molar-refractivity contribution < 1.29 is 9.53 Å². The summed E-state index contributed by atoms with van der Waals surface area (Å²) in [4.78, 5) is 25.5. The topological polar surface area (TPSA) is 70.6 Å². The Morgan fingerprint density at radius 1 is 1.27 bits per heavy atom. The lowest BCUT2D eigenvalue weighted by Crippen LogP contribution is -2.36. The van der Waals surface area contributed by atoms with Crippen molar-refractivity contribution in [2.24, 2.45) is 0 Å². The van der Waals surface area contributed by atoms with Gasteiger partial charge < -0.3 is 15.0 Å². The molecule has 1 amide bonds. The van der Waals surface area contributed by atoms with Crippen LogP contribution in [0.3, 0.4) is 0 Å². The first kappa shape index (κ1) is 22.5. The molecule has 1 aliphatic rings. The van der Waals surface area contributed by atoms with E-state index >= 15 is 0 Å². The van der Waals surface area contributed by atoms with Gasteiger partial charge in [0.05, 0.1) is 5.56 Å². The minimum absolute atomic E-state index is 0.270. The number of nitrogens with zero attached hydrogens (tertiary/aromatic N) is 4. The Hall–Kier alpha value is -2.19. The van der Waals surface area contributed by atoms with E-state index in [0.717, 1.165) is 35.1 Å². The van der Waals surface area contributed by atoms with E-state index in [9.17, 15) is 4.79 Å². The molecule has 2 aromatic rings. The van der Waals surface area contributed by atoms with Crippen LogP contribution >= 0.6 is 23.4 Å². The third-order valence-corrected chi connectivity index (χ3v) is 6.07. The third-order valence-electron chi connectivity index (χ3n) is 4.51. The van der Waals surface area contributed by atoms with Crippen LogP contribution in [0.15, 0.2) is 30.6 Å². The molecule has 0 unspecified atom stereocenters. The second-order valence-electron chi connectivity index (χ2n) is 8.18. The van der Waals surface area contributed by atoms with Crippen molar-refractivity contribution in [1.82, 2.24) is 14.9 Å². The van der Waals surface area contributed by atoms with Gasteiger partial charge in [0.15, 0.2) is 0 Å². The smallest absolute Gasteiger partial charge is 0.411 e. The van der Waals surface area contributed by atoms with Crippen molar-refractivity contribution in [3.8, 4) is 0 Å². The summed E-state index contributed by atoms with van der Waals surface area (Å²) in [5, 5.41) is 3.80. The number of anilines is 2. The SMILES string of the molecule is CN(Cc1ccc(Cl)cc1)c1ncnc2c1[C@@H](N(C)C(=O)OC(C)(C)C)SCCN2. The average molecular weight is 450 g/mol. The number of carbonyl (C=O) groups excluding carboxylic acids is 1. The van der Waals surface area contributed by atoms with Gasteiger partial charge in [0.1, 0.15) is 28.9 Å². The van der Waals surface area contributed by atoms with Crippen molar-refractivity contribution in [2.45, 2.75) is 38.3 Å². The second kappa shape index (κ2) is 9.31. The predicted molar refractivity (Wildman–Crippen MR) is 123 cm³/mol. The van der Waals surface area contributed by atoms with Gasteiger partial charge in [-0.1, -0.05) is 23.7 Å². The normalized spacial score (nSPS) is 16.1. The van der Waals surface area contributed by atoms with E-state index in [4.69, 9.17) is 16.3 Å². The monoisotopic (exact) mass is 449 g/mol. The number of halogens is 1. The number of hydrogen-bond donors (Lipinski definition) is 1. The van der Waals surface area contributed by atoms with Gasteiger partial charge in [0, 0.05) is 38.0 Å². The van der Waals surface area contributed by atoms with Gasteiger partial charge in [-0.2, -0.15) is 0 Å². The summed E-state index contributed by atoms with van der Waals surface area (Å²) in [6.07, 6.45) is 1.18. The van der Waals surface area contributed by atoms with Gasteiger partial charge in [-0.05, 0) is 38.5 Å². The van der Waals surface area contributed by atoms with Crippen LogP contribution in [0.2, 0.25) is 5.02 Å². The number of thioether (sulfide) groups is 1. The average Bonchev–Trinajstić information content (AvgIpc) is 2.90. The van der Waals surface area contributed by atoms with E-state index in [1.807, 2.05) is 52.1 Å². The van der Waals surface area contributed by atoms with Crippen molar-refractivity contribution in [3.05, 3.63) is 46.7 Å². The Balaban J connectivity index is 1.93. The van der Waals surface area contributed by atoms with E-state index in [-0.39, 0.29) is 11.5 Å². The van der Waals surface area contributed by atoms with Crippen LogP contribution in [0.25, 0.3) is 0 Å². The summed E-state index contributed by atoms with van der Waals surface area (Å²) in [6.45, 7) is 7.00. The number of nitrogens with one attached hydrogen (secondary N) is 1. The van der Waals surface area contributed by atoms with E-state index in [1.54, 1.807) is 30.0 Å². The number of hydrogen-bond acceptors (Lipinski definition) is 7. The molecule has 0 fully saturated rings. The molecule has 0 bridgehead atoms. The Bertz CT molecular complexity index is 888. The van der Waals surface area contributed by atoms with Gasteiger partial charge in [-0.15, -0.1) is 11.8 Å². The van der Waals surface area contributed by atoms with Gasteiger partial charge in [0.25, 0.3) is 0 Å². The van der Waals surface area contributed by atoms with Gasteiger partial charge in [0.2, 0.25) is 0 Å². The molecule has 0 spiro atoms. The summed E-state index contributed by atoms with van der Waals surface area (Å²) in [7, 11) is 3.74. The number of amides is 1. The number of benzene rings is 1. The highest BCUT2D eigenvalue weighted by molar-refractivity contribution is 7.99. The predicted octanol–water partition coefficient (Wildman–Crippen LogP) is 4.79. The minimum atomic E-state index is -0.566. The maximum atomic E-state index is 12.8. The van der Waals surface area contributed by atoms with Crippen LogP contribution < -0.4 is 10.2 Å². The van der Waals surface area contributed by atoms with E-state index < -0.39 is 5.60 Å².